The molecule has 3 amide bonds. The van der Waals surface area contributed by atoms with Crippen LogP contribution in [0, 0.1) is 30.7 Å². The van der Waals surface area contributed by atoms with E-state index in [0.29, 0.717) is 17.7 Å². The molecule has 0 bridgehead atoms. The largest absolute Gasteiger partial charge is 0.444 e. The van der Waals surface area contributed by atoms with Crippen molar-refractivity contribution >= 4 is 17.9 Å². The predicted octanol–water partition coefficient (Wildman–Crippen LogP) is 3.59. The van der Waals surface area contributed by atoms with E-state index in [2.05, 4.69) is 22.6 Å². The molecule has 0 aliphatic heterocycles. The van der Waals surface area contributed by atoms with Crippen molar-refractivity contribution in [2.24, 2.45) is 5.92 Å². The van der Waals surface area contributed by atoms with Crippen molar-refractivity contribution in [2.45, 2.75) is 72.1 Å². The number of hydrogen-bond acceptors (Lipinski definition) is 4. The minimum absolute atomic E-state index is 0.326. The van der Waals surface area contributed by atoms with Crippen molar-refractivity contribution in [2.75, 3.05) is 6.54 Å². The Morgan fingerprint density at radius 3 is 2.30 bits per heavy atom. The molecular formula is C26H35N3O4. The highest BCUT2D eigenvalue weighted by Crippen LogP contribution is 2.26. The Morgan fingerprint density at radius 1 is 1.15 bits per heavy atom. The molecular weight excluding hydrogens is 418 g/mol. The van der Waals surface area contributed by atoms with Crippen LogP contribution in [0.5, 0.6) is 0 Å². The highest BCUT2D eigenvalue weighted by atomic mass is 16.6. The SMILES string of the molecule is C#Cc1ccccc1C(C(=O)NCCCC)N(C#C)C(=O)C(NC(=O)OC(C)(C)C)C(C)C. The number of unbranched alkanes of at least 4 members (excludes halogenated alkanes) is 1. The molecule has 178 valence electrons. The number of nitrogens with zero attached hydrogens (tertiary/aromatic N) is 1. The second kappa shape index (κ2) is 12.6. The minimum atomic E-state index is -1.16. The molecule has 0 spiro atoms. The van der Waals surface area contributed by atoms with Crippen LogP contribution < -0.4 is 10.6 Å². The molecule has 0 heterocycles. The zero-order valence-electron chi connectivity index (χ0n) is 20.4. The Kier molecular flexibility index (Phi) is 10.5. The Bertz CT molecular complexity index is 919. The number of rotatable bonds is 9. The van der Waals surface area contributed by atoms with Crippen LogP contribution in [0.15, 0.2) is 24.3 Å². The van der Waals surface area contributed by atoms with Gasteiger partial charge in [-0.05, 0) is 39.2 Å². The van der Waals surface area contributed by atoms with Crippen LogP contribution in [0.3, 0.4) is 0 Å². The summed E-state index contributed by atoms with van der Waals surface area (Å²) in [5, 5.41) is 5.43. The third-order valence-corrected chi connectivity index (χ3v) is 4.73. The van der Waals surface area contributed by atoms with Crippen molar-refractivity contribution in [1.29, 1.82) is 0 Å². The molecule has 7 nitrogen and oxygen atoms in total. The summed E-state index contributed by atoms with van der Waals surface area (Å²) in [7, 11) is 0. The summed E-state index contributed by atoms with van der Waals surface area (Å²) >= 11 is 0. The van der Waals surface area contributed by atoms with E-state index >= 15 is 0 Å². The fourth-order valence-corrected chi connectivity index (χ4v) is 3.11. The van der Waals surface area contributed by atoms with Crippen LogP contribution in [0.25, 0.3) is 0 Å². The second-order valence-electron chi connectivity index (χ2n) is 8.98. The number of alkyl carbamates (subject to hydrolysis) is 1. The summed E-state index contributed by atoms with van der Waals surface area (Å²) in [5.74, 6) is 1.17. The lowest BCUT2D eigenvalue weighted by Crippen LogP contribution is -2.53. The fraction of sp³-hybridized carbons (Fsp3) is 0.500. The van der Waals surface area contributed by atoms with Gasteiger partial charge in [0.25, 0.3) is 5.91 Å². The first kappa shape index (κ1) is 27.6. The zero-order valence-corrected chi connectivity index (χ0v) is 20.4. The summed E-state index contributed by atoms with van der Waals surface area (Å²) in [6.07, 6.45) is 12.3. The molecule has 2 unspecified atom stereocenters. The number of hydrogen-bond donors (Lipinski definition) is 2. The third kappa shape index (κ3) is 8.20. The minimum Gasteiger partial charge on any atom is -0.444 e. The van der Waals surface area contributed by atoms with Crippen LogP contribution in [0.4, 0.5) is 4.79 Å². The molecule has 0 saturated carbocycles. The third-order valence-electron chi connectivity index (χ3n) is 4.73. The molecule has 0 aliphatic rings. The van der Waals surface area contributed by atoms with E-state index < -0.39 is 35.6 Å². The van der Waals surface area contributed by atoms with Gasteiger partial charge in [0.15, 0.2) is 0 Å². The molecule has 1 rings (SSSR count). The number of amides is 3. The van der Waals surface area contributed by atoms with Gasteiger partial charge in [-0.1, -0.05) is 57.7 Å². The van der Waals surface area contributed by atoms with E-state index in [1.165, 1.54) is 0 Å². The average molecular weight is 454 g/mol. The summed E-state index contributed by atoms with van der Waals surface area (Å²) in [6.45, 7) is 11.1. The number of benzene rings is 1. The van der Waals surface area contributed by atoms with Crippen molar-refractivity contribution in [3.05, 3.63) is 35.4 Å². The van der Waals surface area contributed by atoms with Crippen LogP contribution in [-0.2, 0) is 14.3 Å². The summed E-state index contributed by atoms with van der Waals surface area (Å²) in [5.41, 5.74) is 0.135. The van der Waals surface area contributed by atoms with Crippen LogP contribution in [-0.4, -0.2) is 41.0 Å². The summed E-state index contributed by atoms with van der Waals surface area (Å²) < 4.78 is 5.30. The summed E-state index contributed by atoms with van der Waals surface area (Å²) in [4.78, 5) is 40.1. The van der Waals surface area contributed by atoms with Gasteiger partial charge in [-0.2, -0.15) is 0 Å². The normalized spacial score (nSPS) is 12.6. The molecule has 0 radical (unpaired) electrons. The molecule has 0 aliphatic carbocycles. The summed E-state index contributed by atoms with van der Waals surface area (Å²) in [6, 6.07) is 6.99. The van der Waals surface area contributed by atoms with Gasteiger partial charge in [0.1, 0.15) is 17.7 Å². The number of ether oxygens (including phenoxy) is 1. The van der Waals surface area contributed by atoms with Gasteiger partial charge in [-0.3, -0.25) is 14.5 Å². The standard InChI is InChI=1S/C26H35N3O4/c1-9-12-17-27-23(30)22(20-16-14-13-15-19(20)10-2)29(11-3)24(31)21(18(4)5)28-25(32)33-26(6,7)8/h2-3,13-16,18,21-22H,9,12,17H2,1,4-8H3,(H,27,30)(H,28,32). The van der Waals surface area contributed by atoms with Gasteiger partial charge < -0.3 is 15.4 Å². The van der Waals surface area contributed by atoms with Crippen LogP contribution in [0.2, 0.25) is 0 Å². The highest BCUT2D eigenvalue weighted by Gasteiger charge is 2.37. The van der Waals surface area contributed by atoms with Gasteiger partial charge in [-0.15, -0.1) is 6.42 Å². The molecule has 0 aromatic heterocycles. The van der Waals surface area contributed by atoms with Crippen molar-refractivity contribution < 1.29 is 19.1 Å². The van der Waals surface area contributed by atoms with E-state index in [1.54, 1.807) is 58.9 Å². The lowest BCUT2D eigenvalue weighted by atomic mass is 9.96. The highest BCUT2D eigenvalue weighted by molar-refractivity contribution is 5.93. The van der Waals surface area contributed by atoms with E-state index in [0.717, 1.165) is 17.7 Å². The molecule has 1 aromatic carbocycles. The van der Waals surface area contributed by atoms with E-state index in [-0.39, 0.29) is 5.92 Å². The predicted molar refractivity (Wildman–Crippen MR) is 129 cm³/mol. The molecule has 1 aromatic rings. The smallest absolute Gasteiger partial charge is 0.408 e. The van der Waals surface area contributed by atoms with E-state index in [9.17, 15) is 14.4 Å². The topological polar surface area (TPSA) is 87.7 Å². The first-order valence-electron chi connectivity index (χ1n) is 11.1. The van der Waals surface area contributed by atoms with Crippen LogP contribution >= 0.6 is 0 Å². The number of carbonyl (C=O) groups is 3. The van der Waals surface area contributed by atoms with Crippen molar-refractivity contribution in [1.82, 2.24) is 15.5 Å². The molecule has 2 atom stereocenters. The molecule has 2 N–H and O–H groups in total. The van der Waals surface area contributed by atoms with Gasteiger partial charge >= 0.3 is 6.09 Å². The fourth-order valence-electron chi connectivity index (χ4n) is 3.11. The Hall–Kier alpha value is -3.45. The molecule has 7 heteroatoms. The lowest BCUT2D eigenvalue weighted by molar-refractivity contribution is -0.139. The van der Waals surface area contributed by atoms with Gasteiger partial charge in [-0.25, -0.2) is 4.79 Å². The maximum absolute atomic E-state index is 13.5. The van der Waals surface area contributed by atoms with Crippen molar-refractivity contribution in [3.8, 4) is 24.8 Å². The Morgan fingerprint density at radius 2 is 1.79 bits per heavy atom. The quantitative estimate of drug-likeness (QED) is 0.340. The monoisotopic (exact) mass is 453 g/mol. The Balaban J connectivity index is 3.39. The Labute approximate surface area is 197 Å². The second-order valence-corrected chi connectivity index (χ2v) is 8.98. The average Bonchev–Trinajstić information content (AvgIpc) is 2.74. The molecule has 0 fully saturated rings. The number of terminal acetylenes is 2. The number of nitrogens with one attached hydrogen (secondary N) is 2. The van der Waals surface area contributed by atoms with Gasteiger partial charge in [0.2, 0.25) is 5.91 Å². The van der Waals surface area contributed by atoms with Crippen LogP contribution in [0.1, 0.15) is 71.6 Å². The molecule has 33 heavy (non-hydrogen) atoms. The van der Waals surface area contributed by atoms with Crippen molar-refractivity contribution in [3.63, 3.8) is 0 Å². The zero-order chi connectivity index (χ0) is 25.2. The lowest BCUT2D eigenvalue weighted by Gasteiger charge is -2.32. The first-order chi connectivity index (χ1) is 15.5. The maximum Gasteiger partial charge on any atom is 0.408 e. The molecule has 0 saturated heterocycles. The maximum atomic E-state index is 13.5. The number of carbonyl (C=O) groups excluding carboxylic acids is 3. The first-order valence-corrected chi connectivity index (χ1v) is 11.1. The van der Waals surface area contributed by atoms with E-state index in [1.807, 2.05) is 6.92 Å². The van der Waals surface area contributed by atoms with Gasteiger partial charge in [0, 0.05) is 23.7 Å². The van der Waals surface area contributed by atoms with Gasteiger partial charge in [0.05, 0.1) is 0 Å². The van der Waals surface area contributed by atoms with E-state index in [4.69, 9.17) is 17.6 Å².